The first-order chi connectivity index (χ1) is 5.58. The van der Waals surface area contributed by atoms with E-state index in [-0.39, 0.29) is 6.42 Å². The van der Waals surface area contributed by atoms with E-state index in [0.717, 1.165) is 25.9 Å². The predicted molar refractivity (Wildman–Crippen MR) is 44.2 cm³/mol. The van der Waals surface area contributed by atoms with Crippen LogP contribution in [0.4, 0.5) is 0 Å². The molecule has 0 aliphatic carbocycles. The second kappa shape index (κ2) is 4.18. The molecule has 1 aliphatic rings. The number of hydrogen-bond acceptors (Lipinski definition) is 4. The molecule has 1 fully saturated rings. The van der Waals surface area contributed by atoms with Crippen LogP contribution in [0.5, 0.6) is 0 Å². The minimum atomic E-state index is -2.47. The van der Waals surface area contributed by atoms with Crippen molar-refractivity contribution in [1.82, 2.24) is 5.32 Å². The molecule has 0 atom stereocenters. The maximum Gasteiger partial charge on any atom is 0.275 e. The summed E-state index contributed by atoms with van der Waals surface area (Å²) in [7, 11) is 0. The molecule has 4 nitrogen and oxygen atoms in total. The average molecular weight is 175 g/mol. The molecule has 1 heterocycles. The minimum absolute atomic E-state index is 0.0532. The lowest BCUT2D eigenvalue weighted by molar-refractivity contribution is -0.316. The molecular formula is C8H17NO3. The van der Waals surface area contributed by atoms with E-state index in [1.54, 1.807) is 0 Å². The van der Waals surface area contributed by atoms with E-state index in [2.05, 4.69) is 5.32 Å². The third-order valence-electron chi connectivity index (χ3n) is 2.35. The van der Waals surface area contributed by atoms with Crippen LogP contribution >= 0.6 is 0 Å². The van der Waals surface area contributed by atoms with Gasteiger partial charge in [0, 0.05) is 6.42 Å². The Morgan fingerprint density at radius 3 is 2.25 bits per heavy atom. The molecule has 0 saturated carbocycles. The Morgan fingerprint density at radius 2 is 1.75 bits per heavy atom. The van der Waals surface area contributed by atoms with Crippen LogP contribution in [0.2, 0.25) is 0 Å². The molecule has 0 spiro atoms. The lowest BCUT2D eigenvalue weighted by Crippen LogP contribution is -2.31. The number of nitrogens with one attached hydrogen (secondary N) is 1. The number of hydrogen-bond donors (Lipinski definition) is 4. The smallest absolute Gasteiger partial charge is 0.275 e. The van der Waals surface area contributed by atoms with Crippen LogP contribution in [0, 0.1) is 5.92 Å². The Balaban J connectivity index is 2.13. The van der Waals surface area contributed by atoms with Crippen molar-refractivity contribution in [3.63, 3.8) is 0 Å². The van der Waals surface area contributed by atoms with Gasteiger partial charge in [-0.3, -0.25) is 0 Å². The number of aliphatic hydroxyl groups is 3. The summed E-state index contributed by atoms with van der Waals surface area (Å²) in [6.07, 6.45) is 2.87. The van der Waals surface area contributed by atoms with E-state index in [1.165, 1.54) is 0 Å². The predicted octanol–water partition coefficient (Wildman–Crippen LogP) is -0.603. The van der Waals surface area contributed by atoms with Crippen molar-refractivity contribution in [3.05, 3.63) is 0 Å². The SMILES string of the molecule is OC(O)(O)CCC1CCNCC1. The molecule has 1 saturated heterocycles. The Labute approximate surface area is 72.2 Å². The quantitative estimate of drug-likeness (QED) is 0.432. The van der Waals surface area contributed by atoms with E-state index in [1.807, 2.05) is 0 Å². The molecule has 0 aromatic carbocycles. The highest BCUT2D eigenvalue weighted by molar-refractivity contribution is 4.69. The van der Waals surface area contributed by atoms with Crippen molar-refractivity contribution in [2.75, 3.05) is 13.1 Å². The Bertz CT molecular complexity index is 127. The standard InChI is InChI=1S/C8H17NO3/c10-8(11,12)4-1-7-2-5-9-6-3-7/h7,9-12H,1-6H2. The first-order valence-electron chi connectivity index (χ1n) is 4.46. The average Bonchev–Trinajstić information content (AvgIpc) is 2.02. The van der Waals surface area contributed by atoms with Gasteiger partial charge >= 0.3 is 0 Å². The topological polar surface area (TPSA) is 72.7 Å². The Kier molecular flexibility index (Phi) is 3.46. The van der Waals surface area contributed by atoms with Crippen molar-refractivity contribution in [2.45, 2.75) is 31.7 Å². The number of rotatable bonds is 3. The van der Waals surface area contributed by atoms with Crippen molar-refractivity contribution < 1.29 is 15.3 Å². The summed E-state index contributed by atoms with van der Waals surface area (Å²) >= 11 is 0. The molecule has 0 aromatic heterocycles. The fourth-order valence-electron chi connectivity index (χ4n) is 1.57. The maximum atomic E-state index is 8.64. The third kappa shape index (κ3) is 4.01. The zero-order valence-electron chi connectivity index (χ0n) is 7.16. The zero-order chi connectivity index (χ0) is 9.03. The molecule has 0 radical (unpaired) electrons. The van der Waals surface area contributed by atoms with Crippen LogP contribution in [0.15, 0.2) is 0 Å². The first-order valence-corrected chi connectivity index (χ1v) is 4.46. The molecule has 4 N–H and O–H groups in total. The Morgan fingerprint density at radius 1 is 1.17 bits per heavy atom. The highest BCUT2D eigenvalue weighted by Gasteiger charge is 2.21. The summed E-state index contributed by atoms with van der Waals surface area (Å²) < 4.78 is 0. The molecule has 0 bridgehead atoms. The van der Waals surface area contributed by atoms with Gasteiger partial charge < -0.3 is 20.6 Å². The summed E-state index contributed by atoms with van der Waals surface area (Å²) in [6, 6.07) is 0. The van der Waals surface area contributed by atoms with Crippen LogP contribution in [-0.4, -0.2) is 34.4 Å². The van der Waals surface area contributed by atoms with Gasteiger partial charge in [-0.15, -0.1) is 0 Å². The second-order valence-corrected chi connectivity index (χ2v) is 3.51. The molecule has 12 heavy (non-hydrogen) atoms. The molecule has 0 unspecified atom stereocenters. The molecule has 4 heteroatoms. The van der Waals surface area contributed by atoms with Crippen LogP contribution in [-0.2, 0) is 0 Å². The molecular weight excluding hydrogens is 158 g/mol. The normalized spacial score (nSPS) is 21.2. The molecule has 1 rings (SSSR count). The van der Waals surface area contributed by atoms with Gasteiger partial charge in [0.05, 0.1) is 0 Å². The lowest BCUT2D eigenvalue weighted by Gasteiger charge is -2.24. The highest BCUT2D eigenvalue weighted by Crippen LogP contribution is 2.20. The van der Waals surface area contributed by atoms with E-state index in [0.29, 0.717) is 12.3 Å². The van der Waals surface area contributed by atoms with Gasteiger partial charge in [-0.05, 0) is 38.3 Å². The van der Waals surface area contributed by atoms with E-state index in [9.17, 15) is 0 Å². The summed E-state index contributed by atoms with van der Waals surface area (Å²) in [5, 5.41) is 29.2. The zero-order valence-corrected chi connectivity index (χ0v) is 7.16. The van der Waals surface area contributed by atoms with Crippen LogP contribution < -0.4 is 5.32 Å². The molecule has 0 aromatic rings. The highest BCUT2D eigenvalue weighted by atomic mass is 16.7. The Hall–Kier alpha value is -0.160. The van der Waals surface area contributed by atoms with Crippen LogP contribution in [0.25, 0.3) is 0 Å². The molecule has 1 aliphatic heterocycles. The maximum absolute atomic E-state index is 8.64. The van der Waals surface area contributed by atoms with Gasteiger partial charge in [-0.25, -0.2) is 0 Å². The second-order valence-electron chi connectivity index (χ2n) is 3.51. The molecule has 72 valence electrons. The van der Waals surface area contributed by atoms with Gasteiger partial charge in [0.2, 0.25) is 0 Å². The largest absolute Gasteiger partial charge is 0.344 e. The summed E-state index contributed by atoms with van der Waals surface area (Å²) in [4.78, 5) is 0. The van der Waals surface area contributed by atoms with Gasteiger partial charge in [0.15, 0.2) is 0 Å². The summed E-state index contributed by atoms with van der Waals surface area (Å²) in [5.74, 6) is -1.94. The summed E-state index contributed by atoms with van der Waals surface area (Å²) in [5.41, 5.74) is 0. The molecule has 0 amide bonds. The number of piperidine rings is 1. The monoisotopic (exact) mass is 175 g/mol. The van der Waals surface area contributed by atoms with Crippen molar-refractivity contribution in [2.24, 2.45) is 5.92 Å². The van der Waals surface area contributed by atoms with Crippen LogP contribution in [0.3, 0.4) is 0 Å². The first kappa shape index (κ1) is 9.92. The van der Waals surface area contributed by atoms with Crippen molar-refractivity contribution in [1.29, 1.82) is 0 Å². The van der Waals surface area contributed by atoms with Gasteiger partial charge in [0.1, 0.15) is 0 Å². The van der Waals surface area contributed by atoms with E-state index in [4.69, 9.17) is 15.3 Å². The van der Waals surface area contributed by atoms with E-state index >= 15 is 0 Å². The summed E-state index contributed by atoms with van der Waals surface area (Å²) in [6.45, 7) is 2.00. The van der Waals surface area contributed by atoms with Crippen molar-refractivity contribution >= 4 is 0 Å². The third-order valence-corrected chi connectivity index (χ3v) is 2.35. The van der Waals surface area contributed by atoms with E-state index < -0.39 is 5.97 Å². The van der Waals surface area contributed by atoms with Gasteiger partial charge in [0.25, 0.3) is 5.97 Å². The van der Waals surface area contributed by atoms with Crippen LogP contribution in [0.1, 0.15) is 25.7 Å². The lowest BCUT2D eigenvalue weighted by atomic mass is 9.93. The minimum Gasteiger partial charge on any atom is -0.344 e. The van der Waals surface area contributed by atoms with Gasteiger partial charge in [-0.2, -0.15) is 0 Å². The fraction of sp³-hybridized carbons (Fsp3) is 1.00. The van der Waals surface area contributed by atoms with Crippen molar-refractivity contribution in [3.8, 4) is 0 Å². The fourth-order valence-corrected chi connectivity index (χ4v) is 1.57. The van der Waals surface area contributed by atoms with Gasteiger partial charge in [-0.1, -0.05) is 0 Å².